The van der Waals surface area contributed by atoms with Gasteiger partial charge in [-0.05, 0) is 24.1 Å². The maximum Gasteiger partial charge on any atom is 0.338 e. The van der Waals surface area contributed by atoms with Crippen LogP contribution in [0.4, 0.5) is 0 Å². The monoisotopic (exact) mass is 217 g/mol. The number of hydrogen-bond acceptors (Lipinski definition) is 4. The van der Waals surface area contributed by atoms with E-state index in [4.69, 9.17) is 5.26 Å². The minimum absolute atomic E-state index is 0.280. The van der Waals surface area contributed by atoms with Gasteiger partial charge in [-0.25, -0.2) is 4.79 Å². The van der Waals surface area contributed by atoms with Crippen molar-refractivity contribution in [3.8, 4) is 6.07 Å². The van der Waals surface area contributed by atoms with Crippen LogP contribution in [0.15, 0.2) is 18.2 Å². The molecule has 0 bridgehead atoms. The van der Waals surface area contributed by atoms with Gasteiger partial charge in [0.2, 0.25) is 0 Å². The third-order valence-corrected chi connectivity index (χ3v) is 2.21. The largest absolute Gasteiger partial charge is 0.465 e. The maximum absolute atomic E-state index is 11.4. The van der Waals surface area contributed by atoms with E-state index in [1.807, 2.05) is 6.07 Å². The van der Waals surface area contributed by atoms with E-state index in [1.165, 1.54) is 7.11 Å². The van der Waals surface area contributed by atoms with Gasteiger partial charge in [-0.2, -0.15) is 5.26 Å². The summed E-state index contributed by atoms with van der Waals surface area (Å²) in [6.45, 7) is 0. The Bertz CT molecular complexity index is 446. The quantitative estimate of drug-likeness (QED) is 0.565. The number of hydrogen-bond donors (Lipinski definition) is 0. The molecular formula is C12H11NO3. The van der Waals surface area contributed by atoms with Crippen LogP contribution >= 0.6 is 0 Å². The summed E-state index contributed by atoms with van der Waals surface area (Å²) < 4.78 is 4.62. The van der Waals surface area contributed by atoms with Crippen LogP contribution < -0.4 is 0 Å². The SMILES string of the molecule is COC(=O)c1cccc(C#N)c1CCC=O. The van der Waals surface area contributed by atoms with Crippen molar-refractivity contribution in [1.29, 1.82) is 5.26 Å². The first-order valence-corrected chi connectivity index (χ1v) is 4.78. The van der Waals surface area contributed by atoms with Crippen molar-refractivity contribution in [2.24, 2.45) is 0 Å². The molecular weight excluding hydrogens is 206 g/mol. The number of carbonyl (C=O) groups excluding carboxylic acids is 2. The molecule has 0 radical (unpaired) electrons. The lowest BCUT2D eigenvalue weighted by Gasteiger charge is -2.07. The van der Waals surface area contributed by atoms with E-state index in [0.29, 0.717) is 23.1 Å². The third kappa shape index (κ3) is 2.45. The summed E-state index contributed by atoms with van der Waals surface area (Å²) >= 11 is 0. The Morgan fingerprint density at radius 3 is 2.88 bits per heavy atom. The first kappa shape index (κ1) is 11.9. The molecule has 1 aromatic rings. The normalized spacial score (nSPS) is 9.25. The summed E-state index contributed by atoms with van der Waals surface area (Å²) in [6.07, 6.45) is 1.41. The van der Waals surface area contributed by atoms with Crippen molar-refractivity contribution in [1.82, 2.24) is 0 Å². The Balaban J connectivity index is 3.21. The molecule has 0 unspecified atom stereocenters. The molecule has 0 saturated carbocycles. The lowest BCUT2D eigenvalue weighted by atomic mass is 9.98. The molecule has 0 aliphatic rings. The number of nitriles is 1. The van der Waals surface area contributed by atoms with Crippen molar-refractivity contribution >= 4 is 12.3 Å². The molecule has 0 atom stereocenters. The second kappa shape index (κ2) is 5.66. The van der Waals surface area contributed by atoms with Crippen LogP contribution in [0.25, 0.3) is 0 Å². The highest BCUT2D eigenvalue weighted by Gasteiger charge is 2.14. The second-order valence-corrected chi connectivity index (χ2v) is 3.14. The molecule has 0 saturated heterocycles. The molecule has 0 fully saturated rings. The minimum Gasteiger partial charge on any atom is -0.465 e. The van der Waals surface area contributed by atoms with Crippen LogP contribution in [-0.2, 0) is 16.0 Å². The molecule has 4 nitrogen and oxygen atoms in total. The Kier molecular flexibility index (Phi) is 4.22. The number of rotatable bonds is 4. The summed E-state index contributed by atoms with van der Waals surface area (Å²) in [5.74, 6) is -0.488. The summed E-state index contributed by atoms with van der Waals surface area (Å²) in [5, 5.41) is 8.91. The van der Waals surface area contributed by atoms with Crippen molar-refractivity contribution in [3.05, 3.63) is 34.9 Å². The molecule has 82 valence electrons. The average Bonchev–Trinajstić information content (AvgIpc) is 2.34. The van der Waals surface area contributed by atoms with Crippen molar-refractivity contribution in [2.45, 2.75) is 12.8 Å². The zero-order chi connectivity index (χ0) is 12.0. The maximum atomic E-state index is 11.4. The predicted molar refractivity (Wildman–Crippen MR) is 56.9 cm³/mol. The van der Waals surface area contributed by atoms with Gasteiger partial charge in [0.25, 0.3) is 0 Å². The highest BCUT2D eigenvalue weighted by atomic mass is 16.5. The summed E-state index contributed by atoms with van der Waals surface area (Å²) in [6, 6.07) is 6.83. The molecule has 0 N–H and O–H groups in total. The molecule has 1 rings (SSSR count). The van der Waals surface area contributed by atoms with Crippen LogP contribution in [0, 0.1) is 11.3 Å². The fourth-order valence-electron chi connectivity index (χ4n) is 1.47. The molecule has 0 aromatic heterocycles. The third-order valence-electron chi connectivity index (χ3n) is 2.21. The van der Waals surface area contributed by atoms with Crippen LogP contribution in [0.1, 0.15) is 27.9 Å². The highest BCUT2D eigenvalue weighted by Crippen LogP contribution is 2.17. The lowest BCUT2D eigenvalue weighted by molar-refractivity contribution is -0.107. The average molecular weight is 217 g/mol. The van der Waals surface area contributed by atoms with E-state index >= 15 is 0 Å². The van der Waals surface area contributed by atoms with Crippen molar-refractivity contribution in [3.63, 3.8) is 0 Å². The number of carbonyl (C=O) groups is 2. The van der Waals surface area contributed by atoms with Crippen LogP contribution in [0.2, 0.25) is 0 Å². The van der Waals surface area contributed by atoms with Crippen LogP contribution in [-0.4, -0.2) is 19.4 Å². The van der Waals surface area contributed by atoms with Gasteiger partial charge in [0.05, 0.1) is 24.3 Å². The number of benzene rings is 1. The van der Waals surface area contributed by atoms with Gasteiger partial charge in [0.1, 0.15) is 6.29 Å². The first-order chi connectivity index (χ1) is 7.74. The Labute approximate surface area is 93.5 Å². The standard InChI is InChI=1S/C12H11NO3/c1-16-12(15)11-5-2-4-9(8-13)10(11)6-3-7-14/h2,4-5,7H,3,6H2,1H3. The summed E-state index contributed by atoms with van der Waals surface area (Å²) in [4.78, 5) is 21.8. The van der Waals surface area contributed by atoms with Crippen LogP contribution in [0.5, 0.6) is 0 Å². The van der Waals surface area contributed by atoms with Gasteiger partial charge in [-0.3, -0.25) is 0 Å². The van der Waals surface area contributed by atoms with Gasteiger partial charge in [0, 0.05) is 6.42 Å². The second-order valence-electron chi connectivity index (χ2n) is 3.14. The molecule has 0 amide bonds. The van der Waals surface area contributed by atoms with Gasteiger partial charge >= 0.3 is 5.97 Å². The number of ether oxygens (including phenoxy) is 1. The summed E-state index contributed by atoms with van der Waals surface area (Å²) in [5.41, 5.74) is 1.33. The van der Waals surface area contributed by atoms with E-state index in [9.17, 15) is 9.59 Å². The number of methoxy groups -OCH3 is 1. The molecule has 4 heteroatoms. The Morgan fingerprint density at radius 2 is 2.31 bits per heavy atom. The molecule has 16 heavy (non-hydrogen) atoms. The van der Waals surface area contributed by atoms with Gasteiger partial charge < -0.3 is 9.53 Å². The first-order valence-electron chi connectivity index (χ1n) is 4.78. The van der Waals surface area contributed by atoms with Crippen molar-refractivity contribution in [2.75, 3.05) is 7.11 Å². The minimum atomic E-state index is -0.488. The van der Waals surface area contributed by atoms with Crippen LogP contribution in [0.3, 0.4) is 0 Å². The Morgan fingerprint density at radius 1 is 1.56 bits per heavy atom. The van der Waals surface area contributed by atoms with E-state index in [2.05, 4.69) is 4.74 Å². The van der Waals surface area contributed by atoms with E-state index < -0.39 is 5.97 Å². The van der Waals surface area contributed by atoms with Gasteiger partial charge in [-0.1, -0.05) is 6.07 Å². The number of aldehydes is 1. The van der Waals surface area contributed by atoms with Gasteiger partial charge in [0.15, 0.2) is 0 Å². The fraction of sp³-hybridized carbons (Fsp3) is 0.250. The molecule has 0 aliphatic carbocycles. The highest BCUT2D eigenvalue weighted by molar-refractivity contribution is 5.91. The number of esters is 1. The number of nitrogens with zero attached hydrogens (tertiary/aromatic N) is 1. The predicted octanol–water partition coefficient (Wildman–Crippen LogP) is 1.48. The molecule has 0 aliphatic heterocycles. The van der Waals surface area contributed by atoms with E-state index in [0.717, 1.165) is 6.29 Å². The van der Waals surface area contributed by atoms with Crippen molar-refractivity contribution < 1.29 is 14.3 Å². The van der Waals surface area contributed by atoms with E-state index in [1.54, 1.807) is 18.2 Å². The topological polar surface area (TPSA) is 67.2 Å². The Hall–Kier alpha value is -2.15. The smallest absolute Gasteiger partial charge is 0.338 e. The lowest BCUT2D eigenvalue weighted by Crippen LogP contribution is -2.07. The molecule has 0 heterocycles. The molecule has 1 aromatic carbocycles. The fourth-order valence-corrected chi connectivity index (χ4v) is 1.47. The van der Waals surface area contributed by atoms with Gasteiger partial charge in [-0.15, -0.1) is 0 Å². The zero-order valence-electron chi connectivity index (χ0n) is 8.90. The zero-order valence-corrected chi connectivity index (χ0v) is 8.90. The summed E-state index contributed by atoms with van der Waals surface area (Å²) in [7, 11) is 1.28. The molecule has 0 spiro atoms. The van der Waals surface area contributed by atoms with E-state index in [-0.39, 0.29) is 6.42 Å².